The summed E-state index contributed by atoms with van der Waals surface area (Å²) in [5.74, 6) is 1.72. The Morgan fingerprint density at radius 1 is 0.760 bits per heavy atom. The van der Waals surface area contributed by atoms with Crippen molar-refractivity contribution in [2.45, 2.75) is 6.92 Å². The lowest BCUT2D eigenvalue weighted by atomic mass is 10.1. The van der Waals surface area contributed by atoms with Crippen LogP contribution in [0, 0.1) is 6.92 Å². The minimum atomic E-state index is 0.507. The number of oxazole rings is 1. The molecule has 5 nitrogen and oxygen atoms in total. The van der Waals surface area contributed by atoms with E-state index >= 15 is 0 Å². The molecule has 25 heavy (non-hydrogen) atoms. The Balaban J connectivity index is 1.59. The second-order valence-corrected chi connectivity index (χ2v) is 5.88. The molecule has 120 valence electrons. The van der Waals surface area contributed by atoms with Crippen molar-refractivity contribution >= 4 is 21.9 Å². The SMILES string of the molecule is Cc1noc(-c2ccc(-c3nc4c(ccc5ccccc54)o3)cc2)n1. The van der Waals surface area contributed by atoms with Gasteiger partial charge in [-0.05, 0) is 42.6 Å². The van der Waals surface area contributed by atoms with E-state index in [1.165, 1.54) is 0 Å². The van der Waals surface area contributed by atoms with Crippen molar-refractivity contribution in [2.75, 3.05) is 0 Å². The number of rotatable bonds is 2. The maximum absolute atomic E-state index is 5.95. The van der Waals surface area contributed by atoms with Crippen LogP contribution in [0.5, 0.6) is 0 Å². The molecule has 0 atom stereocenters. The Morgan fingerprint density at radius 2 is 1.52 bits per heavy atom. The third kappa shape index (κ3) is 2.29. The maximum atomic E-state index is 5.95. The van der Waals surface area contributed by atoms with E-state index in [9.17, 15) is 0 Å². The highest BCUT2D eigenvalue weighted by Gasteiger charge is 2.12. The van der Waals surface area contributed by atoms with Gasteiger partial charge in [-0.3, -0.25) is 0 Å². The number of hydrogen-bond donors (Lipinski definition) is 0. The smallest absolute Gasteiger partial charge is 0.257 e. The van der Waals surface area contributed by atoms with Crippen molar-refractivity contribution in [3.63, 3.8) is 0 Å². The molecule has 0 bridgehead atoms. The van der Waals surface area contributed by atoms with Crippen LogP contribution in [0.3, 0.4) is 0 Å². The van der Waals surface area contributed by atoms with Crippen molar-refractivity contribution in [1.82, 2.24) is 15.1 Å². The molecule has 0 fully saturated rings. The number of nitrogens with zero attached hydrogens (tertiary/aromatic N) is 3. The second kappa shape index (κ2) is 5.27. The predicted octanol–water partition coefficient (Wildman–Crippen LogP) is 5.01. The highest BCUT2D eigenvalue weighted by Crippen LogP contribution is 2.30. The fourth-order valence-corrected chi connectivity index (χ4v) is 2.95. The van der Waals surface area contributed by atoms with Crippen LogP contribution >= 0.6 is 0 Å². The molecular formula is C20H13N3O2. The Labute approximate surface area is 142 Å². The van der Waals surface area contributed by atoms with E-state index in [1.807, 2.05) is 48.5 Å². The van der Waals surface area contributed by atoms with Crippen LogP contribution in [-0.2, 0) is 0 Å². The van der Waals surface area contributed by atoms with Crippen LogP contribution in [-0.4, -0.2) is 15.1 Å². The zero-order valence-corrected chi connectivity index (χ0v) is 13.4. The largest absolute Gasteiger partial charge is 0.436 e. The number of aryl methyl sites for hydroxylation is 1. The van der Waals surface area contributed by atoms with Gasteiger partial charge in [-0.15, -0.1) is 0 Å². The molecule has 5 heteroatoms. The molecular weight excluding hydrogens is 314 g/mol. The van der Waals surface area contributed by atoms with E-state index < -0.39 is 0 Å². The molecule has 2 heterocycles. The minimum absolute atomic E-state index is 0.507. The molecule has 0 saturated heterocycles. The van der Waals surface area contributed by atoms with Crippen LogP contribution < -0.4 is 0 Å². The Kier molecular flexibility index (Phi) is 2.94. The van der Waals surface area contributed by atoms with Crippen molar-refractivity contribution in [2.24, 2.45) is 0 Å². The first-order chi connectivity index (χ1) is 12.3. The van der Waals surface area contributed by atoms with Crippen LogP contribution in [0.1, 0.15) is 5.82 Å². The summed E-state index contributed by atoms with van der Waals surface area (Å²) in [5, 5.41) is 6.06. The summed E-state index contributed by atoms with van der Waals surface area (Å²) in [6.07, 6.45) is 0. The molecule has 5 rings (SSSR count). The Morgan fingerprint density at radius 3 is 2.28 bits per heavy atom. The van der Waals surface area contributed by atoms with Crippen LogP contribution in [0.4, 0.5) is 0 Å². The summed E-state index contributed by atoms with van der Waals surface area (Å²) in [6, 6.07) is 19.9. The molecule has 0 spiro atoms. The van der Waals surface area contributed by atoms with Gasteiger partial charge in [-0.25, -0.2) is 4.98 Å². The number of fused-ring (bicyclic) bond motifs is 3. The van der Waals surface area contributed by atoms with Gasteiger partial charge in [0.05, 0.1) is 0 Å². The van der Waals surface area contributed by atoms with Gasteiger partial charge in [0.15, 0.2) is 11.4 Å². The van der Waals surface area contributed by atoms with Gasteiger partial charge in [0, 0.05) is 16.5 Å². The topological polar surface area (TPSA) is 65.0 Å². The van der Waals surface area contributed by atoms with Crippen molar-refractivity contribution < 1.29 is 8.94 Å². The highest BCUT2D eigenvalue weighted by atomic mass is 16.5. The summed E-state index contributed by atoms with van der Waals surface area (Å²) in [4.78, 5) is 8.93. The van der Waals surface area contributed by atoms with Gasteiger partial charge in [0.25, 0.3) is 5.89 Å². The standard InChI is InChI=1S/C20H13N3O2/c1-12-21-20(25-23-12)15-8-6-14(7-9-15)19-22-18-16-5-3-2-4-13(16)10-11-17(18)24-19/h2-11H,1H3. The predicted molar refractivity (Wildman–Crippen MR) is 95.0 cm³/mol. The van der Waals surface area contributed by atoms with Crippen molar-refractivity contribution in [1.29, 1.82) is 0 Å². The Bertz CT molecular complexity index is 1200. The van der Waals surface area contributed by atoms with E-state index in [4.69, 9.17) is 13.9 Å². The number of benzene rings is 3. The number of aromatic nitrogens is 3. The van der Waals surface area contributed by atoms with Gasteiger partial charge >= 0.3 is 0 Å². The molecule has 0 N–H and O–H groups in total. The fourth-order valence-electron chi connectivity index (χ4n) is 2.95. The van der Waals surface area contributed by atoms with Crippen molar-refractivity contribution in [3.05, 3.63) is 66.5 Å². The first kappa shape index (κ1) is 13.9. The molecule has 0 radical (unpaired) electrons. The monoisotopic (exact) mass is 327 g/mol. The minimum Gasteiger partial charge on any atom is -0.436 e. The third-order valence-corrected chi connectivity index (χ3v) is 4.19. The van der Waals surface area contributed by atoms with E-state index in [1.54, 1.807) is 6.92 Å². The lowest BCUT2D eigenvalue weighted by Crippen LogP contribution is -1.81. The van der Waals surface area contributed by atoms with Crippen molar-refractivity contribution in [3.8, 4) is 22.9 Å². The van der Waals surface area contributed by atoms with Gasteiger partial charge in [0.1, 0.15) is 5.52 Å². The summed E-state index contributed by atoms with van der Waals surface area (Å²) in [6.45, 7) is 1.80. The van der Waals surface area contributed by atoms with Crippen LogP contribution in [0.15, 0.2) is 69.6 Å². The van der Waals surface area contributed by atoms with E-state index in [0.29, 0.717) is 17.6 Å². The second-order valence-electron chi connectivity index (χ2n) is 5.88. The van der Waals surface area contributed by atoms with E-state index in [0.717, 1.165) is 33.0 Å². The van der Waals surface area contributed by atoms with E-state index in [-0.39, 0.29) is 0 Å². The summed E-state index contributed by atoms with van der Waals surface area (Å²) >= 11 is 0. The lowest BCUT2D eigenvalue weighted by Gasteiger charge is -1.97. The van der Waals surface area contributed by atoms with E-state index in [2.05, 4.69) is 22.3 Å². The zero-order chi connectivity index (χ0) is 16.8. The molecule has 0 aliphatic heterocycles. The first-order valence-corrected chi connectivity index (χ1v) is 7.97. The van der Waals surface area contributed by atoms with Gasteiger partial charge < -0.3 is 8.94 Å². The molecule has 0 aliphatic carbocycles. The van der Waals surface area contributed by atoms with Gasteiger partial charge in [-0.2, -0.15) is 4.98 Å². The Hall–Kier alpha value is -3.47. The molecule has 2 aromatic heterocycles. The molecule has 0 unspecified atom stereocenters. The highest BCUT2D eigenvalue weighted by molar-refractivity contribution is 6.03. The van der Waals surface area contributed by atoms with Gasteiger partial charge in [0.2, 0.25) is 5.89 Å². The molecule has 5 aromatic rings. The van der Waals surface area contributed by atoms with Gasteiger partial charge in [-0.1, -0.05) is 35.5 Å². The lowest BCUT2D eigenvalue weighted by molar-refractivity contribution is 0.425. The van der Waals surface area contributed by atoms with Crippen LogP contribution in [0.25, 0.3) is 44.8 Å². The maximum Gasteiger partial charge on any atom is 0.257 e. The average molecular weight is 327 g/mol. The normalized spacial score (nSPS) is 11.4. The molecule has 0 saturated carbocycles. The third-order valence-electron chi connectivity index (χ3n) is 4.19. The first-order valence-electron chi connectivity index (χ1n) is 7.97. The molecule has 3 aromatic carbocycles. The summed E-state index contributed by atoms with van der Waals surface area (Å²) in [5.41, 5.74) is 3.43. The zero-order valence-electron chi connectivity index (χ0n) is 13.4. The number of hydrogen-bond acceptors (Lipinski definition) is 5. The van der Waals surface area contributed by atoms with Crippen LogP contribution in [0.2, 0.25) is 0 Å². The fraction of sp³-hybridized carbons (Fsp3) is 0.0500. The quantitative estimate of drug-likeness (QED) is 0.456. The summed E-state index contributed by atoms with van der Waals surface area (Å²) < 4.78 is 11.1. The summed E-state index contributed by atoms with van der Waals surface area (Å²) in [7, 11) is 0. The molecule has 0 aliphatic rings. The average Bonchev–Trinajstić information content (AvgIpc) is 3.28. The molecule has 0 amide bonds.